The molecule has 0 amide bonds. The maximum atomic E-state index is 14.0. The average molecular weight is 261 g/mol. The Balaban J connectivity index is 2.46. The lowest BCUT2D eigenvalue weighted by Crippen LogP contribution is -2.15. The van der Waals surface area contributed by atoms with Crippen LogP contribution in [0.3, 0.4) is 0 Å². The lowest BCUT2D eigenvalue weighted by Gasteiger charge is -2.17. The number of ether oxygens (including phenoxy) is 2. The highest BCUT2D eigenvalue weighted by Crippen LogP contribution is 2.31. The minimum atomic E-state index is -0.605. The number of hydrogen-bond acceptors (Lipinski definition) is 3. The van der Waals surface area contributed by atoms with Gasteiger partial charge in [-0.3, -0.25) is 0 Å². The van der Waals surface area contributed by atoms with Gasteiger partial charge in [0.1, 0.15) is 17.3 Å². The topological polar surface area (TPSA) is 44.5 Å². The van der Waals surface area contributed by atoms with Crippen LogP contribution in [0, 0.1) is 5.82 Å². The van der Waals surface area contributed by atoms with Crippen molar-refractivity contribution in [3.05, 3.63) is 59.4 Å². The fraction of sp³-hybridized carbons (Fsp3) is 0.200. The summed E-state index contributed by atoms with van der Waals surface area (Å²) in [6.45, 7) is 0. The van der Waals surface area contributed by atoms with Crippen LogP contribution in [0.4, 0.5) is 4.39 Å². The lowest BCUT2D eigenvalue weighted by molar-refractivity contribution is 0.401. The maximum Gasteiger partial charge on any atom is 0.132 e. The van der Waals surface area contributed by atoms with E-state index in [0.717, 1.165) is 5.56 Å². The molecule has 2 aromatic carbocycles. The number of hydrogen-bond donors (Lipinski definition) is 1. The molecule has 0 aliphatic heterocycles. The molecule has 0 bridgehead atoms. The quantitative estimate of drug-likeness (QED) is 0.920. The third-order valence-corrected chi connectivity index (χ3v) is 3.00. The molecule has 1 unspecified atom stereocenters. The summed E-state index contributed by atoms with van der Waals surface area (Å²) in [5, 5.41) is 0. The van der Waals surface area contributed by atoms with E-state index < -0.39 is 6.04 Å². The normalized spacial score (nSPS) is 12.0. The molecule has 4 heteroatoms. The van der Waals surface area contributed by atoms with Crippen LogP contribution in [0.25, 0.3) is 0 Å². The zero-order chi connectivity index (χ0) is 13.8. The predicted octanol–water partition coefficient (Wildman–Crippen LogP) is 2.89. The molecule has 0 heterocycles. The first-order valence-electron chi connectivity index (χ1n) is 5.89. The monoisotopic (exact) mass is 261 g/mol. The Morgan fingerprint density at radius 2 is 1.79 bits per heavy atom. The Hall–Kier alpha value is -2.07. The summed E-state index contributed by atoms with van der Waals surface area (Å²) in [6, 6.07) is 11.3. The van der Waals surface area contributed by atoms with Gasteiger partial charge in [0.15, 0.2) is 0 Å². The first kappa shape index (κ1) is 13.4. The third kappa shape index (κ3) is 2.69. The second kappa shape index (κ2) is 5.71. The highest BCUT2D eigenvalue weighted by molar-refractivity contribution is 5.43. The fourth-order valence-corrected chi connectivity index (χ4v) is 2.00. The van der Waals surface area contributed by atoms with E-state index in [2.05, 4.69) is 0 Å². The van der Waals surface area contributed by atoms with Crippen LogP contribution in [0.2, 0.25) is 0 Å². The molecule has 2 aromatic rings. The molecule has 19 heavy (non-hydrogen) atoms. The third-order valence-electron chi connectivity index (χ3n) is 3.00. The second-order valence-corrected chi connectivity index (χ2v) is 4.11. The molecule has 0 radical (unpaired) electrons. The van der Waals surface area contributed by atoms with E-state index in [4.69, 9.17) is 15.2 Å². The van der Waals surface area contributed by atoms with Crippen molar-refractivity contribution in [1.82, 2.24) is 0 Å². The van der Waals surface area contributed by atoms with E-state index in [1.807, 2.05) is 18.2 Å². The summed E-state index contributed by atoms with van der Waals surface area (Å²) in [6.07, 6.45) is 0. The Bertz CT molecular complexity index is 572. The largest absolute Gasteiger partial charge is 0.497 e. The van der Waals surface area contributed by atoms with E-state index in [9.17, 15) is 4.39 Å². The number of rotatable bonds is 4. The van der Waals surface area contributed by atoms with Crippen LogP contribution in [-0.4, -0.2) is 14.2 Å². The maximum absolute atomic E-state index is 14.0. The molecule has 0 saturated heterocycles. The number of benzene rings is 2. The van der Waals surface area contributed by atoms with E-state index in [-0.39, 0.29) is 5.82 Å². The first-order chi connectivity index (χ1) is 9.17. The molecule has 0 spiro atoms. The van der Waals surface area contributed by atoms with Gasteiger partial charge in [-0.1, -0.05) is 18.2 Å². The Labute approximate surface area is 111 Å². The van der Waals surface area contributed by atoms with E-state index in [1.54, 1.807) is 25.3 Å². The van der Waals surface area contributed by atoms with Gasteiger partial charge >= 0.3 is 0 Å². The first-order valence-corrected chi connectivity index (χ1v) is 5.89. The van der Waals surface area contributed by atoms with Gasteiger partial charge in [-0.2, -0.15) is 0 Å². The highest BCUT2D eigenvalue weighted by atomic mass is 19.1. The summed E-state index contributed by atoms with van der Waals surface area (Å²) < 4.78 is 24.3. The molecule has 0 fully saturated rings. The van der Waals surface area contributed by atoms with Gasteiger partial charge in [0.2, 0.25) is 0 Å². The van der Waals surface area contributed by atoms with E-state index in [0.29, 0.717) is 17.1 Å². The molecule has 0 aromatic heterocycles. The van der Waals surface area contributed by atoms with Gasteiger partial charge < -0.3 is 15.2 Å². The molecular weight excluding hydrogens is 245 g/mol. The molecular formula is C15H16FNO2. The molecule has 0 aliphatic carbocycles. The van der Waals surface area contributed by atoms with Crippen molar-refractivity contribution >= 4 is 0 Å². The van der Waals surface area contributed by atoms with Crippen LogP contribution >= 0.6 is 0 Å². The molecule has 0 aliphatic rings. The van der Waals surface area contributed by atoms with Crippen molar-refractivity contribution < 1.29 is 13.9 Å². The van der Waals surface area contributed by atoms with Crippen LogP contribution in [0.15, 0.2) is 42.5 Å². The standard InChI is InChI=1S/C15H16FNO2/c1-18-11-6-3-5-10(9-11)15(17)14-12(16)7-4-8-13(14)19-2/h3-9,15H,17H2,1-2H3. The summed E-state index contributed by atoms with van der Waals surface area (Å²) in [5.74, 6) is 0.744. The van der Waals surface area contributed by atoms with Crippen LogP contribution in [-0.2, 0) is 0 Å². The molecule has 100 valence electrons. The SMILES string of the molecule is COc1cccc(C(N)c2c(F)cccc2OC)c1. The number of nitrogens with two attached hydrogens (primary N) is 1. The molecule has 2 N–H and O–H groups in total. The zero-order valence-electron chi connectivity index (χ0n) is 10.9. The molecule has 2 rings (SSSR count). The molecule has 0 saturated carbocycles. The fourth-order valence-electron chi connectivity index (χ4n) is 2.00. The number of halogens is 1. The summed E-state index contributed by atoms with van der Waals surface area (Å²) >= 11 is 0. The zero-order valence-corrected chi connectivity index (χ0v) is 10.9. The summed E-state index contributed by atoms with van der Waals surface area (Å²) in [7, 11) is 3.07. The van der Waals surface area contributed by atoms with Gasteiger partial charge in [-0.15, -0.1) is 0 Å². The second-order valence-electron chi connectivity index (χ2n) is 4.11. The van der Waals surface area contributed by atoms with Crippen molar-refractivity contribution in [2.24, 2.45) is 5.73 Å². The van der Waals surface area contributed by atoms with Crippen LogP contribution in [0.5, 0.6) is 11.5 Å². The number of methoxy groups -OCH3 is 2. The van der Waals surface area contributed by atoms with Crippen molar-refractivity contribution in [2.75, 3.05) is 14.2 Å². The van der Waals surface area contributed by atoms with Crippen molar-refractivity contribution in [2.45, 2.75) is 6.04 Å². The van der Waals surface area contributed by atoms with Gasteiger partial charge in [-0.25, -0.2) is 4.39 Å². The van der Waals surface area contributed by atoms with Gasteiger partial charge in [0.05, 0.1) is 25.8 Å². The van der Waals surface area contributed by atoms with Gasteiger partial charge in [-0.05, 0) is 29.8 Å². The lowest BCUT2D eigenvalue weighted by atomic mass is 9.98. The summed E-state index contributed by atoms with van der Waals surface area (Å²) in [5.41, 5.74) is 7.25. The Morgan fingerprint density at radius 1 is 1.05 bits per heavy atom. The van der Waals surface area contributed by atoms with Crippen molar-refractivity contribution in [1.29, 1.82) is 0 Å². The van der Waals surface area contributed by atoms with E-state index >= 15 is 0 Å². The van der Waals surface area contributed by atoms with E-state index in [1.165, 1.54) is 13.2 Å². The smallest absolute Gasteiger partial charge is 0.132 e. The van der Waals surface area contributed by atoms with Crippen LogP contribution < -0.4 is 15.2 Å². The van der Waals surface area contributed by atoms with Crippen molar-refractivity contribution in [3.63, 3.8) is 0 Å². The van der Waals surface area contributed by atoms with Crippen molar-refractivity contribution in [3.8, 4) is 11.5 Å². The highest BCUT2D eigenvalue weighted by Gasteiger charge is 2.18. The van der Waals surface area contributed by atoms with Gasteiger partial charge in [0, 0.05) is 0 Å². The van der Waals surface area contributed by atoms with Gasteiger partial charge in [0.25, 0.3) is 0 Å². The summed E-state index contributed by atoms with van der Waals surface area (Å²) in [4.78, 5) is 0. The minimum Gasteiger partial charge on any atom is -0.497 e. The molecule has 3 nitrogen and oxygen atoms in total. The Morgan fingerprint density at radius 3 is 2.47 bits per heavy atom. The molecule has 1 atom stereocenters. The predicted molar refractivity (Wildman–Crippen MR) is 72.0 cm³/mol. The van der Waals surface area contributed by atoms with Crippen LogP contribution in [0.1, 0.15) is 17.2 Å². The average Bonchev–Trinajstić information content (AvgIpc) is 2.46. The minimum absolute atomic E-state index is 0.346. The Kier molecular flexibility index (Phi) is 4.02.